The van der Waals surface area contributed by atoms with E-state index >= 15 is 0 Å². The monoisotopic (exact) mass is 408 g/mol. The second-order valence-electron chi connectivity index (χ2n) is 9.64. The van der Waals surface area contributed by atoms with Crippen LogP contribution in [0, 0.1) is 17.8 Å². The van der Waals surface area contributed by atoms with E-state index in [1.807, 2.05) is 0 Å². The molecule has 0 amide bonds. The van der Waals surface area contributed by atoms with Crippen LogP contribution >= 0.6 is 0 Å². The highest BCUT2D eigenvalue weighted by Gasteiger charge is 2.30. The van der Waals surface area contributed by atoms with Crippen LogP contribution in [0.1, 0.15) is 102 Å². The molecule has 0 aliphatic heterocycles. The molecule has 0 N–H and O–H groups in total. The topological polar surface area (TPSA) is 9.23 Å². The van der Waals surface area contributed by atoms with Crippen molar-refractivity contribution in [1.82, 2.24) is 0 Å². The molecule has 2 aliphatic rings. The number of allylic oxidation sites excluding steroid dienone is 3. The minimum absolute atomic E-state index is 0.719. The molecule has 3 rings (SSSR count). The second-order valence-corrected chi connectivity index (χ2v) is 9.64. The molecule has 1 aromatic rings. The molecule has 0 unspecified atom stereocenters. The predicted molar refractivity (Wildman–Crippen MR) is 130 cm³/mol. The molecule has 2 saturated carbocycles. The lowest BCUT2D eigenvalue weighted by Gasteiger charge is -2.37. The van der Waals surface area contributed by atoms with Crippen molar-refractivity contribution >= 4 is 0 Å². The van der Waals surface area contributed by atoms with Crippen molar-refractivity contribution in [2.75, 3.05) is 6.61 Å². The van der Waals surface area contributed by atoms with Gasteiger partial charge in [0.25, 0.3) is 0 Å². The predicted octanol–water partition coefficient (Wildman–Crippen LogP) is 8.61. The lowest BCUT2D eigenvalue weighted by Crippen LogP contribution is -2.25. The fourth-order valence-corrected chi connectivity index (χ4v) is 5.55. The Balaban J connectivity index is 1.37. The zero-order valence-electron chi connectivity index (χ0n) is 19.5. The first-order chi connectivity index (χ1) is 14.8. The van der Waals surface area contributed by atoms with Crippen LogP contribution in [0.2, 0.25) is 0 Å². The molecule has 0 aromatic heterocycles. The number of unbranched alkanes of at least 4 members (excludes halogenated alkanes) is 1. The van der Waals surface area contributed by atoms with Gasteiger partial charge in [0.2, 0.25) is 0 Å². The first kappa shape index (κ1) is 23.3. The van der Waals surface area contributed by atoms with E-state index in [0.29, 0.717) is 0 Å². The number of hydrogen-bond acceptors (Lipinski definition) is 1. The van der Waals surface area contributed by atoms with E-state index in [-0.39, 0.29) is 0 Å². The Morgan fingerprint density at radius 1 is 0.800 bits per heavy atom. The maximum atomic E-state index is 5.73. The van der Waals surface area contributed by atoms with Gasteiger partial charge in [-0.2, -0.15) is 0 Å². The van der Waals surface area contributed by atoms with Crippen LogP contribution in [0.25, 0.3) is 0 Å². The van der Waals surface area contributed by atoms with Gasteiger partial charge in [0.15, 0.2) is 0 Å². The third-order valence-electron chi connectivity index (χ3n) is 7.45. The summed E-state index contributed by atoms with van der Waals surface area (Å²) in [5, 5.41) is 0. The highest BCUT2D eigenvalue weighted by Crippen LogP contribution is 2.44. The highest BCUT2D eigenvalue weighted by atomic mass is 16.5. The molecule has 2 aliphatic carbocycles. The Labute approximate surface area is 186 Å². The van der Waals surface area contributed by atoms with Crippen LogP contribution in [0.4, 0.5) is 0 Å². The summed E-state index contributed by atoms with van der Waals surface area (Å²) < 4.78 is 5.73. The standard InChI is InChI=1S/C29H44O/c1-3-5-7-9-24-10-14-26(15-11-24)28-18-20-29(21-19-28)27-16-12-25(13-17-27)23-30-22-8-6-4-2/h6-9,12-13,16-17,24,26,28-29H,3-5,10-11,14-15,18-23H2,1-2H3/t24-,26-,28-,29-. The van der Waals surface area contributed by atoms with Gasteiger partial charge >= 0.3 is 0 Å². The van der Waals surface area contributed by atoms with E-state index in [1.54, 1.807) is 5.56 Å². The van der Waals surface area contributed by atoms with Crippen LogP contribution < -0.4 is 0 Å². The van der Waals surface area contributed by atoms with E-state index in [0.717, 1.165) is 43.3 Å². The summed E-state index contributed by atoms with van der Waals surface area (Å²) in [5.41, 5.74) is 2.84. The summed E-state index contributed by atoms with van der Waals surface area (Å²) in [7, 11) is 0. The Hall–Kier alpha value is -1.34. The Kier molecular flexibility index (Phi) is 10.2. The zero-order chi connectivity index (χ0) is 21.0. The average molecular weight is 409 g/mol. The molecule has 0 spiro atoms. The lowest BCUT2D eigenvalue weighted by atomic mass is 9.68. The first-order valence-corrected chi connectivity index (χ1v) is 12.8. The van der Waals surface area contributed by atoms with Gasteiger partial charge < -0.3 is 4.74 Å². The Bertz CT molecular complexity index is 625. The summed E-state index contributed by atoms with van der Waals surface area (Å²) in [6.07, 6.45) is 24.3. The van der Waals surface area contributed by atoms with Crippen LogP contribution in [-0.2, 0) is 11.3 Å². The molecule has 2 fully saturated rings. The van der Waals surface area contributed by atoms with E-state index < -0.39 is 0 Å². The first-order valence-electron chi connectivity index (χ1n) is 12.8. The highest BCUT2D eigenvalue weighted by molar-refractivity contribution is 5.25. The molecule has 1 aromatic carbocycles. The van der Waals surface area contributed by atoms with Gasteiger partial charge in [-0.15, -0.1) is 0 Å². The molecule has 1 nitrogen and oxygen atoms in total. The molecule has 0 atom stereocenters. The number of ether oxygens (including phenoxy) is 1. The number of hydrogen-bond donors (Lipinski definition) is 0. The summed E-state index contributed by atoms with van der Waals surface area (Å²) in [6.45, 7) is 5.86. The van der Waals surface area contributed by atoms with Crippen LogP contribution in [0.15, 0.2) is 48.6 Å². The maximum absolute atomic E-state index is 5.73. The van der Waals surface area contributed by atoms with E-state index in [1.165, 1.54) is 69.8 Å². The van der Waals surface area contributed by atoms with Crippen molar-refractivity contribution in [2.45, 2.75) is 97.0 Å². The van der Waals surface area contributed by atoms with Gasteiger partial charge in [-0.25, -0.2) is 0 Å². The number of benzene rings is 1. The summed E-state index contributed by atoms with van der Waals surface area (Å²) in [6, 6.07) is 9.27. The minimum Gasteiger partial charge on any atom is -0.373 e. The van der Waals surface area contributed by atoms with Crippen molar-refractivity contribution in [3.05, 3.63) is 59.7 Å². The minimum atomic E-state index is 0.719. The van der Waals surface area contributed by atoms with Gasteiger partial charge in [0.1, 0.15) is 0 Å². The third kappa shape index (κ3) is 7.41. The van der Waals surface area contributed by atoms with Crippen LogP contribution in [0.3, 0.4) is 0 Å². The van der Waals surface area contributed by atoms with Gasteiger partial charge in [0, 0.05) is 0 Å². The average Bonchev–Trinajstić information content (AvgIpc) is 2.80. The summed E-state index contributed by atoms with van der Waals surface area (Å²) in [4.78, 5) is 0. The fourth-order valence-electron chi connectivity index (χ4n) is 5.55. The van der Waals surface area contributed by atoms with Gasteiger partial charge in [-0.1, -0.05) is 68.8 Å². The van der Waals surface area contributed by atoms with Crippen molar-refractivity contribution in [3.63, 3.8) is 0 Å². The SMILES string of the molecule is CCC=CCOCc1ccc([C@H]2CC[C@H]([C@H]3CC[C@H](C=CCCC)CC3)CC2)cc1. The van der Waals surface area contributed by atoms with Crippen molar-refractivity contribution in [3.8, 4) is 0 Å². The normalized spacial score (nSPS) is 27.8. The van der Waals surface area contributed by atoms with Gasteiger partial charge in [-0.05, 0) is 99.0 Å². The van der Waals surface area contributed by atoms with E-state index in [9.17, 15) is 0 Å². The molecular weight excluding hydrogens is 364 g/mol. The maximum Gasteiger partial charge on any atom is 0.0721 e. The quantitative estimate of drug-likeness (QED) is 0.278. The number of rotatable bonds is 10. The van der Waals surface area contributed by atoms with Crippen molar-refractivity contribution in [2.24, 2.45) is 17.8 Å². The molecule has 30 heavy (non-hydrogen) atoms. The smallest absolute Gasteiger partial charge is 0.0721 e. The molecule has 0 saturated heterocycles. The second kappa shape index (κ2) is 13.2. The largest absolute Gasteiger partial charge is 0.373 e. The Morgan fingerprint density at radius 3 is 2.10 bits per heavy atom. The van der Waals surface area contributed by atoms with Crippen LogP contribution in [-0.4, -0.2) is 6.61 Å². The summed E-state index contributed by atoms with van der Waals surface area (Å²) >= 11 is 0. The van der Waals surface area contributed by atoms with Gasteiger partial charge in [-0.3, -0.25) is 0 Å². The molecule has 166 valence electrons. The van der Waals surface area contributed by atoms with Crippen molar-refractivity contribution in [1.29, 1.82) is 0 Å². The Morgan fingerprint density at radius 2 is 1.47 bits per heavy atom. The fraction of sp³-hybridized carbons (Fsp3) is 0.655. The molecule has 1 heteroatoms. The lowest BCUT2D eigenvalue weighted by molar-refractivity contribution is 0.148. The van der Waals surface area contributed by atoms with Crippen LogP contribution in [0.5, 0.6) is 0 Å². The molecule has 0 bridgehead atoms. The molecule has 0 radical (unpaired) electrons. The zero-order valence-corrected chi connectivity index (χ0v) is 19.5. The van der Waals surface area contributed by atoms with E-state index in [2.05, 4.69) is 62.4 Å². The molecular formula is C29H44O. The van der Waals surface area contributed by atoms with Crippen molar-refractivity contribution < 1.29 is 4.74 Å². The summed E-state index contributed by atoms with van der Waals surface area (Å²) in [5.74, 6) is 3.64. The van der Waals surface area contributed by atoms with E-state index in [4.69, 9.17) is 4.74 Å². The van der Waals surface area contributed by atoms with Gasteiger partial charge in [0.05, 0.1) is 13.2 Å². The third-order valence-corrected chi connectivity index (χ3v) is 7.45. The molecule has 0 heterocycles.